The molecule has 10 heteroatoms. The summed E-state index contributed by atoms with van der Waals surface area (Å²) in [5, 5.41) is 4.79. The first-order valence-electron chi connectivity index (χ1n) is 20.8. The van der Waals surface area contributed by atoms with Gasteiger partial charge in [0.05, 0.1) is 56.2 Å². The number of rotatable bonds is 6. The van der Waals surface area contributed by atoms with Gasteiger partial charge in [-0.25, -0.2) is 0 Å². The number of benzene rings is 5. The van der Waals surface area contributed by atoms with Gasteiger partial charge in [0.2, 0.25) is 0 Å². The van der Waals surface area contributed by atoms with Gasteiger partial charge in [-0.1, -0.05) is 72.8 Å². The van der Waals surface area contributed by atoms with Gasteiger partial charge in [-0.2, -0.15) is 0 Å². The number of hydrazine groups is 4. The van der Waals surface area contributed by atoms with E-state index in [4.69, 9.17) is 0 Å². The third-order valence-corrected chi connectivity index (χ3v) is 12.5. The fourth-order valence-electron chi connectivity index (χ4n) is 10.0. The third kappa shape index (κ3) is 4.85. The first-order valence-corrected chi connectivity index (χ1v) is 20.8. The van der Waals surface area contributed by atoms with Crippen LogP contribution in [-0.4, -0.2) is 9.13 Å². The number of para-hydroxylation sites is 4. The highest BCUT2D eigenvalue weighted by molar-refractivity contribution is 6.24. The van der Waals surface area contributed by atoms with Gasteiger partial charge >= 0.3 is 0 Å². The minimum absolute atomic E-state index is 0.950. The van der Waals surface area contributed by atoms with Gasteiger partial charge in [0, 0.05) is 85.3 Å². The predicted octanol–water partition coefficient (Wildman–Crippen LogP) is 8.79. The lowest BCUT2D eigenvalue weighted by atomic mass is 9.92. The molecule has 0 saturated heterocycles. The molecule has 62 heavy (non-hydrogen) atoms. The maximum Gasteiger partial charge on any atom is 0.0648 e. The van der Waals surface area contributed by atoms with E-state index in [-0.39, 0.29) is 0 Å². The normalized spacial score (nSPS) is 17.4. The number of allylic oxidation sites excluding steroid dienone is 11. The van der Waals surface area contributed by atoms with Gasteiger partial charge in [-0.15, -0.1) is 0 Å². The van der Waals surface area contributed by atoms with Crippen molar-refractivity contribution in [1.29, 1.82) is 0 Å². The number of aromatic nitrogens is 2. The molecular weight excluding hydrogens is 765 g/mol. The van der Waals surface area contributed by atoms with Crippen LogP contribution in [0.15, 0.2) is 211 Å². The molecular formula is C52H38N10. The molecule has 5 aromatic carbocycles. The second-order valence-electron chi connectivity index (χ2n) is 15.7. The summed E-state index contributed by atoms with van der Waals surface area (Å²) in [6, 6.07) is 39.9. The molecule has 4 aliphatic heterocycles. The van der Waals surface area contributed by atoms with E-state index in [2.05, 4.69) is 198 Å². The zero-order valence-electron chi connectivity index (χ0n) is 33.2. The lowest BCUT2D eigenvalue weighted by Gasteiger charge is -2.25. The first-order chi connectivity index (χ1) is 30.8. The fraction of sp³-hybridized carbons (Fsp3) is 0. The molecule has 0 radical (unpaired) electrons. The van der Waals surface area contributed by atoms with E-state index in [1.807, 2.05) is 37.0 Å². The topological polar surface area (TPSA) is 106 Å². The maximum atomic E-state index is 3.60. The van der Waals surface area contributed by atoms with Crippen LogP contribution in [0.25, 0.3) is 72.0 Å². The van der Waals surface area contributed by atoms with E-state index in [0.29, 0.717) is 0 Å². The highest BCUT2D eigenvalue weighted by atomic mass is 15.4. The Morgan fingerprint density at radius 1 is 0.306 bits per heavy atom. The van der Waals surface area contributed by atoms with Crippen molar-refractivity contribution in [2.45, 2.75) is 0 Å². The van der Waals surface area contributed by atoms with Crippen molar-refractivity contribution >= 4 is 72.0 Å². The first kappa shape index (κ1) is 34.1. The number of hydrogen-bond donors (Lipinski definition) is 8. The summed E-state index contributed by atoms with van der Waals surface area (Å²) in [6.07, 6.45) is 24.5. The minimum atomic E-state index is 0.950. The highest BCUT2D eigenvalue weighted by Crippen LogP contribution is 2.59. The van der Waals surface area contributed by atoms with Crippen LogP contribution < -0.4 is 43.4 Å². The van der Waals surface area contributed by atoms with E-state index in [0.717, 1.165) is 101 Å². The largest absolute Gasteiger partial charge is 0.308 e. The van der Waals surface area contributed by atoms with Crippen molar-refractivity contribution in [3.63, 3.8) is 0 Å². The molecule has 0 fully saturated rings. The zero-order chi connectivity index (χ0) is 40.7. The Labute approximate surface area is 356 Å². The number of nitrogens with one attached hydrogen (secondary N) is 8. The second-order valence-corrected chi connectivity index (χ2v) is 15.7. The number of fused-ring (bicyclic) bond motifs is 9. The molecule has 6 heterocycles. The summed E-state index contributed by atoms with van der Waals surface area (Å²) < 4.78 is 4.99. The average molecular weight is 803 g/mol. The number of nitrogens with zero attached hydrogens (tertiary/aromatic N) is 2. The Balaban J connectivity index is 1.28. The van der Waals surface area contributed by atoms with E-state index in [9.17, 15) is 0 Å². The Morgan fingerprint density at radius 3 is 1.10 bits per heavy atom. The van der Waals surface area contributed by atoms with Crippen molar-refractivity contribution in [3.05, 3.63) is 233 Å². The van der Waals surface area contributed by atoms with Crippen LogP contribution in [0.3, 0.4) is 0 Å². The predicted molar refractivity (Wildman–Crippen MR) is 252 cm³/mol. The Bertz CT molecular complexity index is 3410. The van der Waals surface area contributed by atoms with Crippen LogP contribution in [0.1, 0.15) is 22.3 Å². The smallest absolute Gasteiger partial charge is 0.0648 e. The SMILES string of the molecule is C1=CNNC(C2=C(C3=CC=CNN3)C(n3c4ccccc4c4ccccc43)=C3C2=C(n2c4ccccc4c4ccccc42)c2cc(C4=CC=CNN4)c(C4=CC=CNN4)cc23)=C1. The van der Waals surface area contributed by atoms with Crippen LogP contribution in [0.2, 0.25) is 0 Å². The Hall–Kier alpha value is -8.76. The summed E-state index contributed by atoms with van der Waals surface area (Å²) in [7, 11) is 0. The van der Waals surface area contributed by atoms with Crippen molar-refractivity contribution in [2.75, 3.05) is 0 Å². The quantitative estimate of drug-likeness (QED) is 0.0845. The minimum Gasteiger partial charge on any atom is -0.308 e. The summed E-state index contributed by atoms with van der Waals surface area (Å²) in [5.41, 5.74) is 46.6. The van der Waals surface area contributed by atoms with Crippen molar-refractivity contribution in [3.8, 4) is 0 Å². The van der Waals surface area contributed by atoms with Crippen LogP contribution in [0, 0.1) is 0 Å². The van der Waals surface area contributed by atoms with Crippen molar-refractivity contribution in [2.24, 2.45) is 0 Å². The van der Waals surface area contributed by atoms with E-state index < -0.39 is 0 Å². The summed E-state index contributed by atoms with van der Waals surface area (Å²) in [5.74, 6) is 0. The van der Waals surface area contributed by atoms with Crippen LogP contribution in [0.5, 0.6) is 0 Å². The maximum absolute atomic E-state index is 3.60. The average Bonchev–Trinajstić information content (AvgIpc) is 4.07. The summed E-state index contributed by atoms with van der Waals surface area (Å²) in [4.78, 5) is 0. The monoisotopic (exact) mass is 802 g/mol. The van der Waals surface area contributed by atoms with Gasteiger partial charge in [0.15, 0.2) is 0 Å². The van der Waals surface area contributed by atoms with Crippen LogP contribution >= 0.6 is 0 Å². The zero-order valence-corrected chi connectivity index (χ0v) is 33.2. The molecule has 6 aliphatic rings. The number of hydrogen-bond acceptors (Lipinski definition) is 8. The Morgan fingerprint density at radius 2 is 0.677 bits per heavy atom. The lowest BCUT2D eigenvalue weighted by molar-refractivity contribution is 0.716. The van der Waals surface area contributed by atoms with Crippen molar-refractivity contribution in [1.82, 2.24) is 52.5 Å². The molecule has 296 valence electrons. The summed E-state index contributed by atoms with van der Waals surface area (Å²) >= 11 is 0. The van der Waals surface area contributed by atoms with Gasteiger partial charge in [-0.05, 0) is 90.6 Å². The molecule has 0 unspecified atom stereocenters. The van der Waals surface area contributed by atoms with E-state index >= 15 is 0 Å². The Kier molecular flexibility index (Phi) is 7.37. The van der Waals surface area contributed by atoms with Crippen LogP contribution in [0.4, 0.5) is 0 Å². The fourth-order valence-corrected chi connectivity index (χ4v) is 10.0. The molecule has 7 aromatic rings. The molecule has 0 amide bonds. The molecule has 2 aliphatic carbocycles. The van der Waals surface area contributed by atoms with E-state index in [1.165, 1.54) is 21.5 Å². The molecule has 0 spiro atoms. The van der Waals surface area contributed by atoms with Crippen LogP contribution in [-0.2, 0) is 0 Å². The molecule has 0 atom stereocenters. The third-order valence-electron chi connectivity index (χ3n) is 12.5. The van der Waals surface area contributed by atoms with Gasteiger partial charge < -0.3 is 52.5 Å². The summed E-state index contributed by atoms with van der Waals surface area (Å²) in [6.45, 7) is 0. The van der Waals surface area contributed by atoms with Crippen molar-refractivity contribution < 1.29 is 0 Å². The van der Waals surface area contributed by atoms with Gasteiger partial charge in [0.1, 0.15) is 0 Å². The van der Waals surface area contributed by atoms with E-state index in [1.54, 1.807) is 0 Å². The molecule has 13 rings (SSSR count). The highest BCUT2D eigenvalue weighted by Gasteiger charge is 2.44. The molecule has 10 nitrogen and oxygen atoms in total. The molecule has 0 bridgehead atoms. The molecule has 8 N–H and O–H groups in total. The standard InChI is InChI=1S/C52H38N10/c1-5-21-43-31(13-1)32-14-2-6-22-44(32)61(43)51-38-30-36(40-18-10-26-54-58-40)35(39-17-9-25-53-57-39)29-37(38)47-50(51)48(41-19-11-27-55-59-41)49(42-20-12-28-56-60-42)52(47)62-45-23-7-3-15-33(45)34-16-4-8-24-46(34)62/h1-30,53-60H. The molecule has 0 saturated carbocycles. The second kappa shape index (κ2) is 13.4. The van der Waals surface area contributed by atoms with Gasteiger partial charge in [-0.3, -0.25) is 0 Å². The molecule has 2 aromatic heterocycles. The lowest BCUT2D eigenvalue weighted by Crippen LogP contribution is -2.32. The van der Waals surface area contributed by atoms with Gasteiger partial charge in [0.25, 0.3) is 0 Å².